The van der Waals surface area contributed by atoms with E-state index >= 15 is 0 Å². The van der Waals surface area contributed by atoms with Gasteiger partial charge >= 0.3 is 0 Å². The molecule has 0 bridgehead atoms. The van der Waals surface area contributed by atoms with E-state index < -0.39 is 0 Å². The smallest absolute Gasteiger partial charge is 0.261 e. The third-order valence-corrected chi connectivity index (χ3v) is 5.21. The normalized spacial score (nSPS) is 16.5. The summed E-state index contributed by atoms with van der Waals surface area (Å²) in [5.74, 6) is 0.676. The first kappa shape index (κ1) is 14.9. The van der Waals surface area contributed by atoms with Crippen molar-refractivity contribution in [1.29, 1.82) is 0 Å². The molecule has 0 spiro atoms. The predicted molar refractivity (Wildman–Crippen MR) is 82.5 cm³/mol. The molecule has 1 heterocycles. The Hall–Kier alpha value is -0.540. The van der Waals surface area contributed by atoms with Gasteiger partial charge in [0.25, 0.3) is 5.91 Å². The second-order valence-corrected chi connectivity index (χ2v) is 6.69. The number of thiophene rings is 1. The Bertz CT molecular complexity index is 406. The quantitative estimate of drug-likeness (QED) is 0.642. The van der Waals surface area contributed by atoms with Crippen molar-refractivity contribution < 1.29 is 4.79 Å². The number of hydrogen-bond donors (Lipinski definition) is 1. The number of carbonyl (C=O) groups is 1. The Morgan fingerprint density at radius 3 is 2.95 bits per heavy atom. The summed E-state index contributed by atoms with van der Waals surface area (Å²) < 4.78 is 0. The van der Waals surface area contributed by atoms with Crippen molar-refractivity contribution in [3.05, 3.63) is 21.4 Å². The number of nitrogens with one attached hydrogen (secondary N) is 1. The van der Waals surface area contributed by atoms with Crippen molar-refractivity contribution >= 4 is 28.8 Å². The van der Waals surface area contributed by atoms with E-state index in [1.165, 1.54) is 29.7 Å². The van der Waals surface area contributed by atoms with Crippen molar-refractivity contribution in [2.75, 3.05) is 5.88 Å². The number of aryl methyl sites for hydroxylation is 2. The lowest BCUT2D eigenvalue weighted by molar-refractivity contribution is 0.0939. The van der Waals surface area contributed by atoms with Crippen LogP contribution in [0.3, 0.4) is 0 Å². The summed E-state index contributed by atoms with van der Waals surface area (Å²) >= 11 is 7.44. The third-order valence-electron chi connectivity index (χ3n) is 3.76. The molecule has 0 saturated heterocycles. The average Bonchev–Trinajstić information content (AvgIpc) is 2.69. The predicted octanol–water partition coefficient (Wildman–Crippen LogP) is 4.15. The number of carbonyl (C=O) groups excluding carboxylic acids is 1. The van der Waals surface area contributed by atoms with Crippen LogP contribution in [-0.2, 0) is 12.8 Å². The lowest BCUT2D eigenvalue weighted by Gasteiger charge is -2.14. The molecule has 0 aromatic carbocycles. The molecule has 1 unspecified atom stereocenters. The van der Waals surface area contributed by atoms with Gasteiger partial charge in [-0.2, -0.15) is 0 Å². The Morgan fingerprint density at radius 2 is 2.21 bits per heavy atom. The summed E-state index contributed by atoms with van der Waals surface area (Å²) in [5, 5.41) is 3.10. The second kappa shape index (κ2) is 7.30. The first-order chi connectivity index (χ1) is 9.24. The minimum absolute atomic E-state index is 0.0787. The highest BCUT2D eigenvalue weighted by Crippen LogP contribution is 2.29. The fourth-order valence-electron chi connectivity index (χ4n) is 2.55. The summed E-state index contributed by atoms with van der Waals surface area (Å²) in [7, 11) is 0. The molecule has 106 valence electrons. The summed E-state index contributed by atoms with van der Waals surface area (Å²) in [4.78, 5) is 14.5. The molecular weight excluding hydrogens is 278 g/mol. The van der Waals surface area contributed by atoms with Crippen LogP contribution in [0.5, 0.6) is 0 Å². The Labute approximate surface area is 124 Å². The van der Waals surface area contributed by atoms with Crippen molar-refractivity contribution in [3.8, 4) is 0 Å². The van der Waals surface area contributed by atoms with Gasteiger partial charge in [-0.3, -0.25) is 4.79 Å². The van der Waals surface area contributed by atoms with Gasteiger partial charge < -0.3 is 5.32 Å². The van der Waals surface area contributed by atoms with Crippen LogP contribution in [0.1, 0.15) is 59.1 Å². The van der Waals surface area contributed by atoms with Crippen LogP contribution < -0.4 is 5.32 Å². The van der Waals surface area contributed by atoms with Crippen LogP contribution >= 0.6 is 22.9 Å². The largest absolute Gasteiger partial charge is 0.349 e. The molecule has 1 N–H and O–H groups in total. The van der Waals surface area contributed by atoms with Gasteiger partial charge in [0.05, 0.1) is 4.88 Å². The van der Waals surface area contributed by atoms with Crippen LogP contribution in [0, 0.1) is 0 Å². The molecule has 0 aliphatic heterocycles. The Kier molecular flexibility index (Phi) is 5.71. The van der Waals surface area contributed by atoms with E-state index in [2.05, 4.69) is 18.3 Å². The van der Waals surface area contributed by atoms with Gasteiger partial charge in [0.15, 0.2) is 0 Å². The highest BCUT2D eigenvalue weighted by atomic mass is 35.5. The van der Waals surface area contributed by atoms with Gasteiger partial charge in [-0.25, -0.2) is 0 Å². The van der Waals surface area contributed by atoms with Gasteiger partial charge in [0.1, 0.15) is 0 Å². The molecule has 1 amide bonds. The molecule has 0 saturated carbocycles. The number of amides is 1. The van der Waals surface area contributed by atoms with Crippen LogP contribution in [0.4, 0.5) is 0 Å². The highest BCUT2D eigenvalue weighted by Gasteiger charge is 2.18. The monoisotopic (exact) mass is 299 g/mol. The number of halogens is 1. The molecule has 0 fully saturated rings. The lowest BCUT2D eigenvalue weighted by Crippen LogP contribution is -2.34. The van der Waals surface area contributed by atoms with Gasteiger partial charge in [-0.05, 0) is 50.2 Å². The first-order valence-corrected chi connectivity index (χ1v) is 8.58. The fraction of sp³-hybridized carbons (Fsp3) is 0.667. The average molecular weight is 300 g/mol. The summed E-state index contributed by atoms with van der Waals surface area (Å²) in [6.45, 7) is 2.08. The molecule has 2 rings (SSSR count). The molecule has 0 radical (unpaired) electrons. The van der Waals surface area contributed by atoms with Gasteiger partial charge in [0.2, 0.25) is 0 Å². The maximum atomic E-state index is 12.2. The topological polar surface area (TPSA) is 29.1 Å². The molecule has 1 aliphatic rings. The number of hydrogen-bond acceptors (Lipinski definition) is 2. The zero-order chi connectivity index (χ0) is 13.7. The van der Waals surface area contributed by atoms with Crippen LogP contribution in [0.25, 0.3) is 0 Å². The van der Waals surface area contributed by atoms with Gasteiger partial charge in [-0.1, -0.05) is 13.3 Å². The summed E-state index contributed by atoms with van der Waals surface area (Å²) in [5.41, 5.74) is 1.40. The zero-order valence-corrected chi connectivity index (χ0v) is 13.1. The molecular formula is C15H22ClNOS. The van der Waals surface area contributed by atoms with Crippen LogP contribution in [-0.4, -0.2) is 17.8 Å². The zero-order valence-electron chi connectivity index (χ0n) is 11.5. The van der Waals surface area contributed by atoms with E-state index in [-0.39, 0.29) is 11.9 Å². The van der Waals surface area contributed by atoms with Gasteiger partial charge in [0, 0.05) is 16.8 Å². The van der Waals surface area contributed by atoms with Crippen molar-refractivity contribution in [2.24, 2.45) is 0 Å². The van der Waals surface area contributed by atoms with E-state index in [1.807, 2.05) is 0 Å². The Morgan fingerprint density at radius 1 is 1.42 bits per heavy atom. The second-order valence-electron chi connectivity index (χ2n) is 5.18. The molecule has 1 aliphatic carbocycles. The van der Waals surface area contributed by atoms with E-state index in [1.54, 1.807) is 11.3 Å². The van der Waals surface area contributed by atoms with E-state index in [9.17, 15) is 4.79 Å². The molecule has 1 atom stereocenters. The Balaban J connectivity index is 2.03. The number of rotatable bonds is 5. The van der Waals surface area contributed by atoms with Crippen molar-refractivity contribution in [3.63, 3.8) is 0 Å². The van der Waals surface area contributed by atoms with E-state index in [4.69, 9.17) is 11.6 Å². The third kappa shape index (κ3) is 3.96. The highest BCUT2D eigenvalue weighted by molar-refractivity contribution is 7.14. The molecule has 19 heavy (non-hydrogen) atoms. The maximum absolute atomic E-state index is 12.2. The standard InChI is InChI=1S/C15H22ClNOS/c1-2-12(8-9-16)17-15(18)14-10-11-6-4-3-5-7-13(11)19-14/h10,12H,2-9H2,1H3,(H,17,18). The van der Waals surface area contributed by atoms with E-state index in [0.29, 0.717) is 5.88 Å². The van der Waals surface area contributed by atoms with Crippen molar-refractivity contribution in [2.45, 2.75) is 57.9 Å². The minimum atomic E-state index is 0.0787. The van der Waals surface area contributed by atoms with Crippen molar-refractivity contribution in [1.82, 2.24) is 5.32 Å². The first-order valence-electron chi connectivity index (χ1n) is 7.23. The molecule has 1 aromatic heterocycles. The van der Waals surface area contributed by atoms with E-state index in [0.717, 1.165) is 30.6 Å². The summed E-state index contributed by atoms with van der Waals surface area (Å²) in [6, 6.07) is 2.31. The summed E-state index contributed by atoms with van der Waals surface area (Å²) in [6.07, 6.45) is 7.90. The minimum Gasteiger partial charge on any atom is -0.349 e. The lowest BCUT2D eigenvalue weighted by atomic mass is 10.1. The molecule has 2 nitrogen and oxygen atoms in total. The van der Waals surface area contributed by atoms with Gasteiger partial charge in [-0.15, -0.1) is 22.9 Å². The molecule has 4 heteroatoms. The maximum Gasteiger partial charge on any atom is 0.261 e. The fourth-order valence-corrected chi connectivity index (χ4v) is 3.97. The number of alkyl halides is 1. The van der Waals surface area contributed by atoms with Crippen LogP contribution in [0.2, 0.25) is 0 Å². The molecule has 1 aromatic rings. The SMILES string of the molecule is CCC(CCCl)NC(=O)c1cc2c(s1)CCCCC2. The van der Waals surface area contributed by atoms with Crippen LogP contribution in [0.15, 0.2) is 6.07 Å². The number of fused-ring (bicyclic) bond motifs is 1.